The first-order chi connectivity index (χ1) is 12.3. The van der Waals surface area contributed by atoms with Crippen LogP contribution in [0.15, 0.2) is 19.6 Å². The van der Waals surface area contributed by atoms with Crippen molar-refractivity contribution in [3.63, 3.8) is 0 Å². The number of nitrogens with one attached hydrogen (secondary N) is 2. The van der Waals surface area contributed by atoms with Crippen LogP contribution in [-0.4, -0.2) is 54.1 Å². The van der Waals surface area contributed by atoms with Crippen molar-refractivity contribution in [2.24, 2.45) is 9.98 Å². The smallest absolute Gasteiger partial charge is 0.379 e. The summed E-state index contributed by atoms with van der Waals surface area (Å²) in [6, 6.07) is -1.68. The average molecular weight is 368 g/mol. The summed E-state index contributed by atoms with van der Waals surface area (Å²) in [6.45, 7) is 7.79. The molecule has 10 heteroatoms. The summed E-state index contributed by atoms with van der Waals surface area (Å²) in [5.74, 6) is 0. The van der Waals surface area contributed by atoms with Crippen molar-refractivity contribution in [1.29, 1.82) is 0 Å². The van der Waals surface area contributed by atoms with Crippen molar-refractivity contribution in [3.05, 3.63) is 31.7 Å². The van der Waals surface area contributed by atoms with E-state index in [2.05, 4.69) is 20.0 Å². The van der Waals surface area contributed by atoms with Crippen LogP contribution in [0.2, 0.25) is 0 Å². The highest BCUT2D eigenvalue weighted by molar-refractivity contribution is 4.91. The van der Waals surface area contributed by atoms with Crippen LogP contribution in [-0.2, 0) is 18.9 Å². The molecule has 1 aromatic rings. The highest BCUT2D eigenvalue weighted by Gasteiger charge is 2.40. The van der Waals surface area contributed by atoms with Gasteiger partial charge in [-0.3, -0.25) is 14.8 Å². The van der Waals surface area contributed by atoms with Crippen LogP contribution in [0.1, 0.15) is 33.6 Å². The third-order valence-electron chi connectivity index (χ3n) is 3.92. The molecular weight excluding hydrogens is 344 g/mol. The molecule has 0 aromatic carbocycles. The number of aromatic nitrogens is 2. The van der Waals surface area contributed by atoms with Crippen molar-refractivity contribution < 1.29 is 18.9 Å². The minimum atomic E-state index is -1.68. The molecule has 0 amide bonds. The van der Waals surface area contributed by atoms with Crippen LogP contribution in [0.5, 0.6) is 0 Å². The van der Waals surface area contributed by atoms with Crippen molar-refractivity contribution in [3.8, 4) is 0 Å². The van der Waals surface area contributed by atoms with Gasteiger partial charge in [0.1, 0.15) is 6.10 Å². The maximum Gasteiger partial charge on any atom is 0.382 e. The number of hydrogen-bond acceptors (Lipinski definition) is 8. The van der Waals surface area contributed by atoms with Gasteiger partial charge in [-0.15, -0.1) is 0 Å². The second-order valence-corrected chi connectivity index (χ2v) is 6.81. The van der Waals surface area contributed by atoms with Crippen molar-refractivity contribution in [2.45, 2.75) is 51.4 Å². The summed E-state index contributed by atoms with van der Waals surface area (Å²) in [5.41, 5.74) is -1.88. The normalized spacial score (nSPS) is 24.0. The number of aromatic amines is 2. The molecule has 0 spiro atoms. The number of nitrogens with zero attached hydrogens (tertiary/aromatic N) is 2. The predicted molar refractivity (Wildman–Crippen MR) is 89.3 cm³/mol. The first-order valence-electron chi connectivity index (χ1n) is 8.68. The zero-order valence-electron chi connectivity index (χ0n) is 15.2. The molecule has 1 fully saturated rings. The molecule has 1 saturated heterocycles. The average Bonchev–Trinajstić information content (AvgIpc) is 3.28. The van der Waals surface area contributed by atoms with E-state index in [4.69, 9.17) is 18.9 Å². The second kappa shape index (κ2) is 7.39. The van der Waals surface area contributed by atoms with Crippen molar-refractivity contribution in [2.75, 3.05) is 26.4 Å². The molecule has 26 heavy (non-hydrogen) atoms. The summed E-state index contributed by atoms with van der Waals surface area (Å²) in [7, 11) is 0. The molecule has 0 bridgehead atoms. The monoisotopic (exact) mass is 368 g/mol. The number of H-pyrrole nitrogens is 2. The molecule has 3 rings (SSSR count). The third-order valence-corrected chi connectivity index (χ3v) is 3.92. The highest BCUT2D eigenvalue weighted by Crippen LogP contribution is 2.28. The van der Waals surface area contributed by atoms with Gasteiger partial charge in [0.05, 0.1) is 25.4 Å². The Balaban J connectivity index is 1.69. The number of fused-ring (bicyclic) bond motifs is 1. The predicted octanol–water partition coefficient (Wildman–Crippen LogP) is -1.05. The summed E-state index contributed by atoms with van der Waals surface area (Å²) < 4.78 is 22.2. The molecule has 0 aliphatic carbocycles. The number of epoxide rings is 1. The van der Waals surface area contributed by atoms with Gasteiger partial charge >= 0.3 is 11.7 Å². The molecule has 2 atom stereocenters. The van der Waals surface area contributed by atoms with Gasteiger partial charge in [0.2, 0.25) is 0 Å². The Hall–Kier alpha value is -1.88. The maximum atomic E-state index is 11.9. The molecule has 144 valence electrons. The SMILES string of the molecule is CCOC1(OC(C)(C)CCCOCC2CO2)N=c2[nH]c(=O)[nH]c(=O)c2=N1. The molecule has 2 aliphatic heterocycles. The number of rotatable bonds is 10. The fraction of sp³-hybridized carbons (Fsp3) is 0.750. The fourth-order valence-corrected chi connectivity index (χ4v) is 2.68. The van der Waals surface area contributed by atoms with Crippen molar-refractivity contribution in [1.82, 2.24) is 9.97 Å². The zero-order chi connectivity index (χ0) is 18.8. The van der Waals surface area contributed by atoms with Crippen LogP contribution < -0.4 is 22.1 Å². The highest BCUT2D eigenvalue weighted by atomic mass is 16.7. The van der Waals surface area contributed by atoms with Gasteiger partial charge in [-0.05, 0) is 33.6 Å². The largest absolute Gasteiger partial charge is 0.382 e. The standard InChI is InChI=1S/C16H24N4O6/c1-4-25-16(19-11-12(20-16)17-14(22)18-13(11)21)26-15(2,3)6-5-7-23-8-10-9-24-10/h10H,4-9H2,1-3H3,(H2,17,18,20,21,22). The van der Waals surface area contributed by atoms with Gasteiger partial charge in [-0.25, -0.2) is 4.79 Å². The lowest BCUT2D eigenvalue weighted by Gasteiger charge is -2.33. The van der Waals surface area contributed by atoms with Gasteiger partial charge in [-0.1, -0.05) is 0 Å². The Kier molecular flexibility index (Phi) is 5.37. The number of hydrogen-bond donors (Lipinski definition) is 2. The second-order valence-electron chi connectivity index (χ2n) is 6.81. The Morgan fingerprint density at radius 2 is 2.08 bits per heavy atom. The molecule has 0 radical (unpaired) electrons. The van der Waals surface area contributed by atoms with E-state index in [0.29, 0.717) is 19.6 Å². The first kappa shape index (κ1) is 18.9. The van der Waals surface area contributed by atoms with E-state index in [9.17, 15) is 9.59 Å². The molecule has 2 N–H and O–H groups in total. The van der Waals surface area contributed by atoms with Crippen molar-refractivity contribution >= 4 is 0 Å². The Bertz CT molecular complexity index is 872. The topological polar surface area (TPSA) is 131 Å². The lowest BCUT2D eigenvalue weighted by Crippen LogP contribution is -2.47. The first-order valence-corrected chi connectivity index (χ1v) is 8.68. The molecule has 10 nitrogen and oxygen atoms in total. The van der Waals surface area contributed by atoms with E-state index in [-0.39, 0.29) is 23.6 Å². The minimum Gasteiger partial charge on any atom is -0.379 e. The molecule has 2 aliphatic rings. The van der Waals surface area contributed by atoms with E-state index >= 15 is 0 Å². The van der Waals surface area contributed by atoms with E-state index in [0.717, 1.165) is 13.0 Å². The van der Waals surface area contributed by atoms with Gasteiger partial charge in [-0.2, -0.15) is 9.98 Å². The van der Waals surface area contributed by atoms with E-state index in [1.54, 1.807) is 6.92 Å². The summed E-state index contributed by atoms with van der Waals surface area (Å²) in [5, 5.41) is -0.0124. The quantitative estimate of drug-likeness (QED) is 0.308. The molecule has 0 saturated carbocycles. The van der Waals surface area contributed by atoms with E-state index < -0.39 is 22.9 Å². The van der Waals surface area contributed by atoms with E-state index in [1.165, 1.54) is 0 Å². The molecule has 3 heterocycles. The van der Waals surface area contributed by atoms with Crippen LogP contribution >= 0.6 is 0 Å². The fourth-order valence-electron chi connectivity index (χ4n) is 2.68. The summed E-state index contributed by atoms with van der Waals surface area (Å²) >= 11 is 0. The van der Waals surface area contributed by atoms with Crippen LogP contribution in [0.25, 0.3) is 0 Å². The van der Waals surface area contributed by atoms with Crippen LogP contribution in [0.4, 0.5) is 0 Å². The van der Waals surface area contributed by atoms with Crippen LogP contribution in [0.3, 0.4) is 0 Å². The minimum absolute atomic E-state index is 0.0124. The van der Waals surface area contributed by atoms with Gasteiger partial charge < -0.3 is 18.9 Å². The summed E-state index contributed by atoms with van der Waals surface area (Å²) in [4.78, 5) is 36.3. The molecule has 1 aromatic heterocycles. The Morgan fingerprint density at radius 3 is 2.77 bits per heavy atom. The van der Waals surface area contributed by atoms with Gasteiger partial charge in [0.15, 0.2) is 10.8 Å². The Labute approximate surface area is 149 Å². The summed E-state index contributed by atoms with van der Waals surface area (Å²) in [6.07, 6.45) is 1.68. The maximum absolute atomic E-state index is 11.9. The molecule has 2 unspecified atom stereocenters. The van der Waals surface area contributed by atoms with E-state index in [1.807, 2.05) is 13.8 Å². The third kappa shape index (κ3) is 4.64. The van der Waals surface area contributed by atoms with Gasteiger partial charge in [0.25, 0.3) is 5.56 Å². The lowest BCUT2D eigenvalue weighted by atomic mass is 10.0. The Morgan fingerprint density at radius 1 is 1.31 bits per heavy atom. The number of ether oxygens (including phenoxy) is 4. The molecular formula is C16H24N4O6. The van der Waals surface area contributed by atoms with Crippen LogP contribution in [0, 0.1) is 0 Å². The zero-order valence-corrected chi connectivity index (χ0v) is 15.2. The lowest BCUT2D eigenvalue weighted by molar-refractivity contribution is -0.274. The van der Waals surface area contributed by atoms with Gasteiger partial charge in [0, 0.05) is 6.61 Å².